The number of hydrogen-bond donors (Lipinski definition) is 3. The van der Waals surface area contributed by atoms with E-state index < -0.39 is 10.0 Å². The number of nitrogens with two attached hydrogens (primary N) is 1. The van der Waals surface area contributed by atoms with Crippen LogP contribution < -0.4 is 15.8 Å². The molecule has 1 atom stereocenters. The molecule has 0 bridgehead atoms. The maximum Gasteiger partial charge on any atom is 0.238 e. The fourth-order valence-electron chi connectivity index (χ4n) is 1.91. The predicted molar refractivity (Wildman–Crippen MR) is 73.7 cm³/mol. The fourth-order valence-corrected chi connectivity index (χ4v) is 2.43. The standard InChI is InChI=1S/C12H17N3O4S/c13-20(17,18)11-3-1-9(2-4-11)15-12(16)7-10-8-19-6-5-14-10/h1-4,10,14H,5-8H2,(H,15,16)(H2,13,17,18). The van der Waals surface area contributed by atoms with E-state index in [0.29, 0.717) is 25.3 Å². The molecule has 7 nitrogen and oxygen atoms in total. The summed E-state index contributed by atoms with van der Waals surface area (Å²) in [5.74, 6) is -0.156. The monoisotopic (exact) mass is 299 g/mol. The van der Waals surface area contributed by atoms with Gasteiger partial charge in [-0.25, -0.2) is 13.6 Å². The average molecular weight is 299 g/mol. The third kappa shape index (κ3) is 4.27. The highest BCUT2D eigenvalue weighted by Crippen LogP contribution is 2.13. The molecule has 8 heteroatoms. The molecule has 1 aliphatic heterocycles. The zero-order valence-corrected chi connectivity index (χ0v) is 11.7. The third-order valence-electron chi connectivity index (χ3n) is 2.90. The largest absolute Gasteiger partial charge is 0.378 e. The van der Waals surface area contributed by atoms with Gasteiger partial charge in [-0.05, 0) is 24.3 Å². The Hall–Kier alpha value is -1.48. The number of morpholine rings is 1. The number of nitrogens with one attached hydrogen (secondary N) is 2. The van der Waals surface area contributed by atoms with Crippen LogP contribution in [0, 0.1) is 0 Å². The lowest BCUT2D eigenvalue weighted by Gasteiger charge is -2.23. The summed E-state index contributed by atoms with van der Waals surface area (Å²) in [5.41, 5.74) is 0.527. The number of carbonyl (C=O) groups excluding carboxylic acids is 1. The maximum absolute atomic E-state index is 11.8. The lowest BCUT2D eigenvalue weighted by Crippen LogP contribution is -2.43. The number of rotatable bonds is 4. The van der Waals surface area contributed by atoms with Crippen molar-refractivity contribution in [3.8, 4) is 0 Å². The Kier molecular flexibility index (Phi) is 4.71. The van der Waals surface area contributed by atoms with Crippen LogP contribution in [0.2, 0.25) is 0 Å². The Bertz CT molecular complexity index is 565. The van der Waals surface area contributed by atoms with Crippen LogP contribution in [0.3, 0.4) is 0 Å². The SMILES string of the molecule is NS(=O)(=O)c1ccc(NC(=O)CC2COCCN2)cc1. The van der Waals surface area contributed by atoms with Crippen LogP contribution in [0.1, 0.15) is 6.42 Å². The van der Waals surface area contributed by atoms with Crippen LogP contribution in [0.5, 0.6) is 0 Å². The summed E-state index contributed by atoms with van der Waals surface area (Å²) in [6.45, 7) is 1.91. The number of carbonyl (C=O) groups is 1. The van der Waals surface area contributed by atoms with Crippen molar-refractivity contribution in [1.29, 1.82) is 0 Å². The van der Waals surface area contributed by atoms with Gasteiger partial charge in [0.05, 0.1) is 18.1 Å². The van der Waals surface area contributed by atoms with E-state index in [4.69, 9.17) is 9.88 Å². The molecule has 1 aromatic rings. The molecular weight excluding hydrogens is 282 g/mol. The molecule has 0 radical (unpaired) electrons. The number of sulfonamides is 1. The van der Waals surface area contributed by atoms with E-state index in [-0.39, 0.29) is 16.8 Å². The molecule has 1 heterocycles. The molecule has 1 amide bonds. The molecule has 1 saturated heterocycles. The number of amides is 1. The summed E-state index contributed by atoms with van der Waals surface area (Å²) in [5, 5.41) is 10.9. The Morgan fingerprint density at radius 3 is 2.65 bits per heavy atom. The first-order valence-electron chi connectivity index (χ1n) is 6.19. The second kappa shape index (κ2) is 6.31. The van der Waals surface area contributed by atoms with Crippen molar-refractivity contribution in [2.24, 2.45) is 5.14 Å². The molecule has 110 valence electrons. The van der Waals surface area contributed by atoms with E-state index in [0.717, 1.165) is 6.54 Å². The zero-order chi connectivity index (χ0) is 14.6. The molecule has 1 aromatic carbocycles. The summed E-state index contributed by atoms with van der Waals surface area (Å²) >= 11 is 0. The highest BCUT2D eigenvalue weighted by atomic mass is 32.2. The van der Waals surface area contributed by atoms with Gasteiger partial charge in [-0.3, -0.25) is 4.79 Å². The normalized spacial score (nSPS) is 19.6. The molecule has 0 aromatic heterocycles. The second-order valence-corrected chi connectivity index (χ2v) is 6.11. The quantitative estimate of drug-likeness (QED) is 0.704. The van der Waals surface area contributed by atoms with Crippen molar-refractivity contribution in [3.63, 3.8) is 0 Å². The average Bonchev–Trinajstić information content (AvgIpc) is 2.39. The first kappa shape index (κ1) is 14.9. The van der Waals surface area contributed by atoms with Crippen molar-refractivity contribution in [1.82, 2.24) is 5.32 Å². The van der Waals surface area contributed by atoms with Crippen LogP contribution in [-0.2, 0) is 19.6 Å². The van der Waals surface area contributed by atoms with Gasteiger partial charge in [0.25, 0.3) is 0 Å². The van der Waals surface area contributed by atoms with Gasteiger partial charge in [-0.1, -0.05) is 0 Å². The number of hydrogen-bond acceptors (Lipinski definition) is 5. The topological polar surface area (TPSA) is 111 Å². The zero-order valence-electron chi connectivity index (χ0n) is 10.8. The second-order valence-electron chi connectivity index (χ2n) is 4.55. The summed E-state index contributed by atoms with van der Waals surface area (Å²) in [4.78, 5) is 11.8. The van der Waals surface area contributed by atoms with Crippen LogP contribution in [-0.4, -0.2) is 40.1 Å². The van der Waals surface area contributed by atoms with Crippen molar-refractivity contribution < 1.29 is 17.9 Å². The summed E-state index contributed by atoms with van der Waals surface area (Å²) in [7, 11) is -3.71. The molecule has 0 aliphatic carbocycles. The van der Waals surface area contributed by atoms with Crippen LogP contribution >= 0.6 is 0 Å². The summed E-state index contributed by atoms with van der Waals surface area (Å²) in [6.07, 6.45) is 0.303. The number of anilines is 1. The summed E-state index contributed by atoms with van der Waals surface area (Å²) < 4.78 is 27.5. The lowest BCUT2D eigenvalue weighted by molar-refractivity contribution is -0.117. The highest BCUT2D eigenvalue weighted by molar-refractivity contribution is 7.89. The molecule has 2 rings (SSSR count). The Morgan fingerprint density at radius 1 is 1.40 bits per heavy atom. The molecule has 20 heavy (non-hydrogen) atoms. The van der Waals surface area contributed by atoms with Gasteiger partial charge in [-0.2, -0.15) is 0 Å². The first-order chi connectivity index (χ1) is 9.45. The number of benzene rings is 1. The first-order valence-corrected chi connectivity index (χ1v) is 7.73. The van der Waals surface area contributed by atoms with Gasteiger partial charge < -0.3 is 15.4 Å². The van der Waals surface area contributed by atoms with Crippen LogP contribution in [0.15, 0.2) is 29.2 Å². The van der Waals surface area contributed by atoms with Gasteiger partial charge in [0.15, 0.2) is 0 Å². The van der Waals surface area contributed by atoms with E-state index in [1.54, 1.807) is 0 Å². The van der Waals surface area contributed by atoms with Crippen molar-refractivity contribution in [3.05, 3.63) is 24.3 Å². The van der Waals surface area contributed by atoms with Gasteiger partial charge in [0.2, 0.25) is 15.9 Å². The van der Waals surface area contributed by atoms with Gasteiger partial charge in [0, 0.05) is 24.7 Å². The van der Waals surface area contributed by atoms with Crippen LogP contribution in [0.4, 0.5) is 5.69 Å². The fraction of sp³-hybridized carbons (Fsp3) is 0.417. The summed E-state index contributed by atoms with van der Waals surface area (Å²) in [6, 6.07) is 5.72. The number of primary sulfonamides is 1. The van der Waals surface area contributed by atoms with E-state index >= 15 is 0 Å². The van der Waals surface area contributed by atoms with Crippen molar-refractivity contribution in [2.45, 2.75) is 17.4 Å². The maximum atomic E-state index is 11.8. The van der Waals surface area contributed by atoms with Crippen molar-refractivity contribution in [2.75, 3.05) is 25.1 Å². The minimum absolute atomic E-state index is 0.00689. The molecule has 1 aliphatic rings. The van der Waals surface area contributed by atoms with Gasteiger partial charge in [0.1, 0.15) is 0 Å². The Morgan fingerprint density at radius 2 is 2.10 bits per heavy atom. The van der Waals surface area contributed by atoms with Gasteiger partial charge in [-0.15, -0.1) is 0 Å². The van der Waals surface area contributed by atoms with E-state index in [9.17, 15) is 13.2 Å². The van der Waals surface area contributed by atoms with Crippen LogP contribution in [0.25, 0.3) is 0 Å². The molecule has 1 unspecified atom stereocenters. The molecular formula is C12H17N3O4S. The minimum Gasteiger partial charge on any atom is -0.378 e. The highest BCUT2D eigenvalue weighted by Gasteiger charge is 2.17. The van der Waals surface area contributed by atoms with E-state index in [2.05, 4.69) is 10.6 Å². The van der Waals surface area contributed by atoms with Crippen molar-refractivity contribution >= 4 is 21.6 Å². The molecule has 1 fully saturated rings. The molecule has 0 saturated carbocycles. The molecule has 0 spiro atoms. The Labute approximate surface area is 117 Å². The number of ether oxygens (including phenoxy) is 1. The van der Waals surface area contributed by atoms with Gasteiger partial charge >= 0.3 is 0 Å². The Balaban J connectivity index is 1.91. The third-order valence-corrected chi connectivity index (χ3v) is 3.83. The van der Waals surface area contributed by atoms with E-state index in [1.165, 1.54) is 24.3 Å². The minimum atomic E-state index is -3.71. The smallest absolute Gasteiger partial charge is 0.238 e. The van der Waals surface area contributed by atoms with E-state index in [1.807, 2.05) is 0 Å². The lowest BCUT2D eigenvalue weighted by atomic mass is 10.2. The predicted octanol–water partition coefficient (Wildman–Crippen LogP) is -0.349. The molecule has 4 N–H and O–H groups in total.